The van der Waals surface area contributed by atoms with E-state index in [-0.39, 0.29) is 59.0 Å². The van der Waals surface area contributed by atoms with Crippen molar-refractivity contribution in [3.8, 4) is 35.0 Å². The highest BCUT2D eigenvalue weighted by molar-refractivity contribution is 7.92. The second-order valence-corrected chi connectivity index (χ2v) is 12.1. The van der Waals surface area contributed by atoms with Crippen LogP contribution in [0.3, 0.4) is 0 Å². The number of hydrogen-bond donors (Lipinski definition) is 1. The highest BCUT2D eigenvalue weighted by Gasteiger charge is 2.27. The van der Waals surface area contributed by atoms with Crippen LogP contribution in [0.5, 0.6) is 23.1 Å². The third kappa shape index (κ3) is 8.66. The first-order valence-electron chi connectivity index (χ1n) is 15.0. The molecule has 1 aliphatic heterocycles. The standard InChI is InChI=1S/C33H34N6O8S/c1-23(2)24-13-14-28(35-22-24)48(41,42)38-30-29(47-27-12-5-4-11-26(27)43-3)31(37-33(36-30)39-16-20-44-21-17-39)45-18-8-9-19-46-32(40)25-10-6-7-15-34-25/h4-7,10-15,22-23H,16-21H2,1-3H3,(H,36,37,38). The lowest BCUT2D eigenvalue weighted by Gasteiger charge is -2.28. The number of morpholine rings is 1. The van der Waals surface area contributed by atoms with Crippen molar-refractivity contribution in [2.45, 2.75) is 24.8 Å². The van der Waals surface area contributed by atoms with Crippen LogP contribution in [0.1, 0.15) is 35.8 Å². The highest BCUT2D eigenvalue weighted by Crippen LogP contribution is 2.41. The van der Waals surface area contributed by atoms with Gasteiger partial charge in [-0.25, -0.2) is 14.8 Å². The predicted octanol–water partition coefficient (Wildman–Crippen LogP) is 4.07. The van der Waals surface area contributed by atoms with Gasteiger partial charge in [0.15, 0.2) is 35.6 Å². The molecule has 4 heterocycles. The first-order valence-corrected chi connectivity index (χ1v) is 16.4. The Kier molecular flexibility index (Phi) is 11.2. The number of nitrogens with zero attached hydrogens (tertiary/aromatic N) is 5. The van der Waals surface area contributed by atoms with Crippen LogP contribution in [0.4, 0.5) is 11.8 Å². The summed E-state index contributed by atoms with van der Waals surface area (Å²) in [6, 6.07) is 14.8. The molecule has 1 saturated heterocycles. The number of esters is 1. The molecule has 14 nitrogen and oxygen atoms in total. The fraction of sp³-hybridized carbons (Fsp3) is 0.303. The van der Waals surface area contributed by atoms with E-state index < -0.39 is 16.0 Å². The van der Waals surface area contributed by atoms with E-state index in [2.05, 4.69) is 36.5 Å². The number of para-hydroxylation sites is 2. The van der Waals surface area contributed by atoms with Crippen LogP contribution in [-0.4, -0.2) is 80.9 Å². The van der Waals surface area contributed by atoms with Gasteiger partial charge in [-0.05, 0) is 41.8 Å². The first-order chi connectivity index (χ1) is 23.2. The van der Waals surface area contributed by atoms with Crippen LogP contribution in [-0.2, 0) is 19.5 Å². The molecule has 0 saturated carbocycles. The van der Waals surface area contributed by atoms with Crippen LogP contribution in [0, 0.1) is 11.8 Å². The lowest BCUT2D eigenvalue weighted by molar-refractivity contribution is 0.0549. The number of benzene rings is 1. The Morgan fingerprint density at radius 1 is 0.979 bits per heavy atom. The number of hydrogen-bond acceptors (Lipinski definition) is 13. The molecule has 0 aliphatic carbocycles. The van der Waals surface area contributed by atoms with E-state index in [0.717, 1.165) is 5.56 Å². The maximum atomic E-state index is 13.6. The Morgan fingerprint density at radius 2 is 1.73 bits per heavy atom. The fourth-order valence-corrected chi connectivity index (χ4v) is 5.27. The fourth-order valence-electron chi connectivity index (χ4n) is 4.33. The van der Waals surface area contributed by atoms with Gasteiger partial charge in [-0.1, -0.05) is 50.0 Å². The molecule has 250 valence electrons. The van der Waals surface area contributed by atoms with Gasteiger partial charge in [0.05, 0.1) is 20.3 Å². The zero-order valence-electron chi connectivity index (χ0n) is 26.6. The van der Waals surface area contributed by atoms with E-state index in [1.807, 2.05) is 18.7 Å². The summed E-state index contributed by atoms with van der Waals surface area (Å²) in [6.45, 7) is 5.31. The van der Waals surface area contributed by atoms with Crippen LogP contribution in [0.25, 0.3) is 0 Å². The van der Waals surface area contributed by atoms with E-state index in [9.17, 15) is 13.2 Å². The van der Waals surface area contributed by atoms with Crippen molar-refractivity contribution in [1.82, 2.24) is 19.9 Å². The molecule has 0 radical (unpaired) electrons. The molecule has 0 atom stereocenters. The molecular weight excluding hydrogens is 640 g/mol. The van der Waals surface area contributed by atoms with Crippen molar-refractivity contribution >= 4 is 27.8 Å². The van der Waals surface area contributed by atoms with Gasteiger partial charge in [-0.3, -0.25) is 4.72 Å². The second kappa shape index (κ2) is 15.9. The maximum Gasteiger partial charge on any atom is 0.357 e. The summed E-state index contributed by atoms with van der Waals surface area (Å²) >= 11 is 0. The molecule has 4 aromatic rings. The monoisotopic (exact) mass is 674 g/mol. The average Bonchev–Trinajstić information content (AvgIpc) is 3.11. The molecule has 5 rings (SSSR count). The average molecular weight is 675 g/mol. The molecule has 0 spiro atoms. The molecule has 15 heteroatoms. The lowest BCUT2D eigenvalue weighted by Crippen LogP contribution is -2.37. The summed E-state index contributed by atoms with van der Waals surface area (Å²) in [6.07, 6.45) is 3.01. The van der Waals surface area contributed by atoms with E-state index in [1.165, 1.54) is 31.6 Å². The van der Waals surface area contributed by atoms with Gasteiger partial charge < -0.3 is 28.6 Å². The van der Waals surface area contributed by atoms with Gasteiger partial charge in [0, 0.05) is 25.5 Å². The Hall–Kier alpha value is -5.46. The molecule has 1 fully saturated rings. The van der Waals surface area contributed by atoms with Crippen LogP contribution in [0.2, 0.25) is 0 Å². The zero-order chi connectivity index (χ0) is 33.9. The number of carbonyl (C=O) groups is 1. The summed E-state index contributed by atoms with van der Waals surface area (Å²) in [5, 5.41) is -0.213. The summed E-state index contributed by atoms with van der Waals surface area (Å²) in [5.74, 6) is 5.40. The zero-order valence-corrected chi connectivity index (χ0v) is 27.4. The first kappa shape index (κ1) is 33.9. The Balaban J connectivity index is 1.48. The van der Waals surface area contributed by atoms with Crippen molar-refractivity contribution in [1.29, 1.82) is 0 Å². The molecule has 0 bridgehead atoms. The third-order valence-electron chi connectivity index (χ3n) is 6.89. The number of anilines is 2. The van der Waals surface area contributed by atoms with E-state index in [1.54, 1.807) is 42.5 Å². The molecule has 48 heavy (non-hydrogen) atoms. The summed E-state index contributed by atoms with van der Waals surface area (Å²) in [7, 11) is -2.78. The van der Waals surface area contributed by atoms with Gasteiger partial charge in [0.1, 0.15) is 5.69 Å². The molecule has 3 aromatic heterocycles. The number of ether oxygens (including phenoxy) is 5. The molecule has 0 amide bonds. The third-order valence-corrected chi connectivity index (χ3v) is 8.14. The van der Waals surface area contributed by atoms with Gasteiger partial charge in [-0.2, -0.15) is 18.4 Å². The minimum atomic E-state index is -4.26. The maximum absolute atomic E-state index is 13.6. The van der Waals surface area contributed by atoms with E-state index >= 15 is 0 Å². The summed E-state index contributed by atoms with van der Waals surface area (Å²) in [5.41, 5.74) is 1.04. The number of nitrogens with one attached hydrogen (secondary N) is 1. The van der Waals surface area contributed by atoms with Crippen molar-refractivity contribution in [2.75, 3.05) is 56.2 Å². The number of carbonyl (C=O) groups excluding carboxylic acids is 1. The largest absolute Gasteiger partial charge is 0.493 e. The van der Waals surface area contributed by atoms with E-state index in [4.69, 9.17) is 23.7 Å². The summed E-state index contributed by atoms with van der Waals surface area (Å²) < 4.78 is 58.0. The molecule has 1 aromatic carbocycles. The van der Waals surface area contributed by atoms with Gasteiger partial charge >= 0.3 is 5.97 Å². The van der Waals surface area contributed by atoms with Gasteiger partial charge in [0.2, 0.25) is 11.7 Å². The number of aromatic nitrogens is 4. The predicted molar refractivity (Wildman–Crippen MR) is 175 cm³/mol. The lowest BCUT2D eigenvalue weighted by atomic mass is 10.1. The van der Waals surface area contributed by atoms with Gasteiger partial charge in [-0.15, -0.1) is 0 Å². The SMILES string of the molecule is COc1ccccc1Oc1c(NS(=O)(=O)c2ccc(C(C)C)cn2)nc(N2CCOCC2)nc1OCC#CCOC(=O)c1ccccn1. The topological polar surface area (TPSA) is 164 Å². The number of methoxy groups -OCH3 is 1. The number of sulfonamides is 1. The molecule has 1 aliphatic rings. The van der Waals surface area contributed by atoms with Crippen molar-refractivity contribution in [2.24, 2.45) is 0 Å². The number of pyridine rings is 2. The molecule has 0 unspecified atom stereocenters. The second-order valence-electron chi connectivity index (χ2n) is 10.5. The Morgan fingerprint density at radius 3 is 2.42 bits per heavy atom. The smallest absolute Gasteiger partial charge is 0.357 e. The molecule has 1 N–H and O–H groups in total. The van der Waals surface area contributed by atoms with Crippen LogP contribution in [0.15, 0.2) is 72.0 Å². The van der Waals surface area contributed by atoms with Crippen LogP contribution < -0.4 is 23.8 Å². The minimum absolute atomic E-state index is 0.0991. The van der Waals surface area contributed by atoms with Crippen molar-refractivity contribution < 1.29 is 36.9 Å². The number of rotatable bonds is 12. The van der Waals surface area contributed by atoms with Crippen molar-refractivity contribution in [3.63, 3.8) is 0 Å². The summed E-state index contributed by atoms with van der Waals surface area (Å²) in [4.78, 5) is 31.3. The Labute approximate surface area is 278 Å². The highest BCUT2D eigenvalue weighted by atomic mass is 32.2. The Bertz CT molecular complexity index is 1870. The van der Waals surface area contributed by atoms with Gasteiger partial charge in [0.25, 0.3) is 15.9 Å². The van der Waals surface area contributed by atoms with Crippen molar-refractivity contribution in [3.05, 3.63) is 78.2 Å². The molecular formula is C33H34N6O8S. The minimum Gasteiger partial charge on any atom is -0.493 e. The quantitative estimate of drug-likeness (QED) is 0.169. The van der Waals surface area contributed by atoms with E-state index in [0.29, 0.717) is 32.1 Å². The normalized spacial score (nSPS) is 12.9. The van der Waals surface area contributed by atoms with Crippen LogP contribution >= 0.6 is 0 Å².